The predicted octanol–water partition coefficient (Wildman–Crippen LogP) is 1.85. The third-order valence-corrected chi connectivity index (χ3v) is 3.06. The topological polar surface area (TPSA) is 55.4 Å². The lowest BCUT2D eigenvalue weighted by Crippen LogP contribution is -2.36. The van der Waals surface area contributed by atoms with Crippen LogP contribution in [0.25, 0.3) is 0 Å². The lowest BCUT2D eigenvalue weighted by atomic mass is 10.4. The van der Waals surface area contributed by atoms with E-state index in [-0.39, 0.29) is 4.90 Å². The Morgan fingerprint density at radius 3 is 2.24 bits per heavy atom. The molecule has 0 saturated carbocycles. The van der Waals surface area contributed by atoms with Gasteiger partial charge in [-0.3, -0.25) is 4.84 Å². The van der Waals surface area contributed by atoms with Crippen LogP contribution in [-0.4, -0.2) is 20.7 Å². The molecule has 0 spiro atoms. The van der Waals surface area contributed by atoms with Crippen LogP contribution in [-0.2, 0) is 14.9 Å². The molecule has 1 unspecified atom stereocenters. The van der Waals surface area contributed by atoms with Gasteiger partial charge < -0.3 is 0 Å². The average Bonchev–Trinajstić information content (AvgIpc) is 2.26. The minimum atomic E-state index is -4.63. The molecular formula is C9H10F3NO3S. The van der Waals surface area contributed by atoms with Crippen molar-refractivity contribution in [1.29, 1.82) is 0 Å². The van der Waals surface area contributed by atoms with Gasteiger partial charge in [0, 0.05) is 0 Å². The van der Waals surface area contributed by atoms with E-state index >= 15 is 0 Å². The van der Waals surface area contributed by atoms with Crippen LogP contribution in [0.5, 0.6) is 0 Å². The lowest BCUT2D eigenvalue weighted by Gasteiger charge is -2.16. The molecule has 1 N–H and O–H groups in total. The minimum absolute atomic E-state index is 0.172. The summed E-state index contributed by atoms with van der Waals surface area (Å²) < 4.78 is 59.1. The fraction of sp³-hybridized carbons (Fsp3) is 0.333. The monoisotopic (exact) mass is 269 g/mol. The summed E-state index contributed by atoms with van der Waals surface area (Å²) in [7, 11) is -4.09. The van der Waals surface area contributed by atoms with Gasteiger partial charge in [0.05, 0.1) is 4.90 Å². The Bertz CT molecular complexity index is 458. The number of hydrogen-bond acceptors (Lipinski definition) is 3. The van der Waals surface area contributed by atoms with Crippen molar-refractivity contribution in [3.63, 3.8) is 0 Å². The van der Waals surface area contributed by atoms with Gasteiger partial charge in [0.15, 0.2) is 6.10 Å². The van der Waals surface area contributed by atoms with E-state index in [1.807, 2.05) is 0 Å². The van der Waals surface area contributed by atoms with Gasteiger partial charge in [-0.15, -0.1) is 0 Å². The average molecular weight is 269 g/mol. The highest BCUT2D eigenvalue weighted by Gasteiger charge is 2.38. The van der Waals surface area contributed by atoms with E-state index in [2.05, 4.69) is 4.84 Å². The summed E-state index contributed by atoms with van der Waals surface area (Å²) in [6.45, 7) is 0.702. The van der Waals surface area contributed by atoms with Gasteiger partial charge in [0.25, 0.3) is 10.0 Å². The fourth-order valence-corrected chi connectivity index (χ4v) is 1.73. The summed E-state index contributed by atoms with van der Waals surface area (Å²) in [5.41, 5.74) is 0. The molecule has 1 atom stereocenters. The van der Waals surface area contributed by atoms with Crippen molar-refractivity contribution in [2.24, 2.45) is 0 Å². The van der Waals surface area contributed by atoms with E-state index in [9.17, 15) is 21.6 Å². The summed E-state index contributed by atoms with van der Waals surface area (Å²) in [4.78, 5) is 5.32. The Kier molecular flexibility index (Phi) is 4.12. The van der Waals surface area contributed by atoms with E-state index in [1.165, 1.54) is 29.2 Å². The second kappa shape index (κ2) is 5.03. The maximum absolute atomic E-state index is 12.1. The van der Waals surface area contributed by atoms with Crippen molar-refractivity contribution in [2.45, 2.75) is 24.1 Å². The van der Waals surface area contributed by atoms with Gasteiger partial charge in [-0.1, -0.05) is 23.1 Å². The summed E-state index contributed by atoms with van der Waals surface area (Å²) >= 11 is 0. The van der Waals surface area contributed by atoms with Gasteiger partial charge in [0.1, 0.15) is 0 Å². The number of benzene rings is 1. The van der Waals surface area contributed by atoms with Gasteiger partial charge >= 0.3 is 6.18 Å². The van der Waals surface area contributed by atoms with E-state index in [4.69, 9.17) is 0 Å². The van der Waals surface area contributed by atoms with Crippen LogP contribution in [0, 0.1) is 0 Å². The maximum Gasteiger partial charge on any atom is 0.416 e. The maximum atomic E-state index is 12.1. The molecule has 96 valence electrons. The smallest absolute Gasteiger partial charge is 0.274 e. The third-order valence-electron chi connectivity index (χ3n) is 1.85. The normalized spacial score (nSPS) is 14.6. The van der Waals surface area contributed by atoms with Gasteiger partial charge in [-0.25, -0.2) is 8.42 Å². The Hall–Kier alpha value is -1.12. The van der Waals surface area contributed by atoms with Crippen molar-refractivity contribution >= 4 is 10.0 Å². The third kappa shape index (κ3) is 3.99. The number of nitrogens with one attached hydrogen (secondary N) is 1. The highest BCUT2D eigenvalue weighted by molar-refractivity contribution is 7.89. The first-order valence-corrected chi connectivity index (χ1v) is 6.01. The molecule has 0 aliphatic carbocycles. The first-order chi connectivity index (χ1) is 7.73. The first-order valence-electron chi connectivity index (χ1n) is 4.53. The molecule has 4 nitrogen and oxygen atoms in total. The lowest BCUT2D eigenvalue weighted by molar-refractivity contribution is -0.222. The summed E-state index contributed by atoms with van der Waals surface area (Å²) in [5, 5.41) is 0. The molecule has 1 aromatic carbocycles. The largest absolute Gasteiger partial charge is 0.416 e. The van der Waals surface area contributed by atoms with Crippen LogP contribution in [0.2, 0.25) is 0 Å². The molecule has 8 heteroatoms. The highest BCUT2D eigenvalue weighted by atomic mass is 32.2. The number of hydrogen-bond donors (Lipinski definition) is 1. The molecule has 0 aliphatic rings. The Morgan fingerprint density at radius 1 is 1.24 bits per heavy atom. The van der Waals surface area contributed by atoms with Crippen molar-refractivity contribution in [3.8, 4) is 0 Å². The Balaban J connectivity index is 2.70. The zero-order chi connectivity index (χ0) is 13.1. The van der Waals surface area contributed by atoms with Crippen LogP contribution in [0.4, 0.5) is 13.2 Å². The van der Waals surface area contributed by atoms with E-state index in [0.29, 0.717) is 6.92 Å². The first kappa shape index (κ1) is 13.9. The molecule has 0 aliphatic heterocycles. The fourth-order valence-electron chi connectivity index (χ4n) is 0.850. The number of sulfonamides is 1. The zero-order valence-electron chi connectivity index (χ0n) is 8.73. The molecule has 0 aromatic heterocycles. The molecular weight excluding hydrogens is 259 g/mol. The van der Waals surface area contributed by atoms with Crippen molar-refractivity contribution in [2.75, 3.05) is 0 Å². The molecule has 1 rings (SSSR count). The molecule has 0 radical (unpaired) electrons. The standard InChI is InChI=1S/C9H10F3NO3S/c1-7(9(10,11)12)16-13-17(14,15)8-5-3-2-4-6-8/h2-7,13H,1H3. The highest BCUT2D eigenvalue weighted by Crippen LogP contribution is 2.22. The molecule has 0 bridgehead atoms. The Morgan fingerprint density at radius 2 is 1.76 bits per heavy atom. The van der Waals surface area contributed by atoms with Crippen molar-refractivity contribution < 1.29 is 26.4 Å². The molecule has 1 aromatic rings. The number of halogens is 3. The summed E-state index contributed by atoms with van der Waals surface area (Å²) in [6, 6.07) is 6.95. The van der Waals surface area contributed by atoms with Gasteiger partial charge in [-0.05, 0) is 19.1 Å². The minimum Gasteiger partial charge on any atom is -0.274 e. The SMILES string of the molecule is CC(ONS(=O)(=O)c1ccccc1)C(F)(F)F. The second-order valence-corrected chi connectivity index (χ2v) is 4.85. The van der Waals surface area contributed by atoms with Crippen LogP contribution in [0.1, 0.15) is 6.92 Å². The van der Waals surface area contributed by atoms with E-state index in [0.717, 1.165) is 0 Å². The van der Waals surface area contributed by atoms with Gasteiger partial charge in [-0.2, -0.15) is 13.2 Å². The van der Waals surface area contributed by atoms with Crippen LogP contribution < -0.4 is 4.89 Å². The van der Waals surface area contributed by atoms with Crippen LogP contribution >= 0.6 is 0 Å². The predicted molar refractivity (Wildman–Crippen MR) is 53.4 cm³/mol. The molecule has 0 amide bonds. The quantitative estimate of drug-likeness (QED) is 0.849. The Labute approximate surface area is 96.4 Å². The van der Waals surface area contributed by atoms with E-state index < -0.39 is 22.3 Å². The van der Waals surface area contributed by atoms with Crippen molar-refractivity contribution in [1.82, 2.24) is 4.89 Å². The number of alkyl halides is 3. The molecule has 0 heterocycles. The van der Waals surface area contributed by atoms with Crippen molar-refractivity contribution in [3.05, 3.63) is 30.3 Å². The van der Waals surface area contributed by atoms with Crippen LogP contribution in [0.15, 0.2) is 35.2 Å². The van der Waals surface area contributed by atoms with Crippen LogP contribution in [0.3, 0.4) is 0 Å². The summed E-state index contributed by atoms with van der Waals surface area (Å²) in [5.74, 6) is 0. The summed E-state index contributed by atoms with van der Waals surface area (Å²) in [6.07, 6.45) is -6.85. The molecule has 0 fully saturated rings. The number of rotatable bonds is 4. The molecule has 0 saturated heterocycles. The zero-order valence-corrected chi connectivity index (χ0v) is 9.55. The molecule has 17 heavy (non-hydrogen) atoms. The second-order valence-electron chi connectivity index (χ2n) is 3.20. The van der Waals surface area contributed by atoms with E-state index in [1.54, 1.807) is 6.07 Å². The van der Waals surface area contributed by atoms with Gasteiger partial charge in [0.2, 0.25) is 0 Å².